The molecule has 0 amide bonds. The summed E-state index contributed by atoms with van der Waals surface area (Å²) in [6, 6.07) is 160. The van der Waals surface area contributed by atoms with E-state index in [0.717, 1.165) is 10.2 Å². The van der Waals surface area contributed by atoms with Crippen LogP contribution in [-0.4, -0.2) is 18.7 Å². The number of benzene rings is 22. The SMILES string of the molecule is Brc1ccc2cc(-c3ccc4c5c(cccc35)-c3ccccc3-4)ccc2c1.c1ccc(-n2c3ccccc3c3cc(-c4ccc5[nH]c6c7ccccc7ccc6c5c4)ccc32)cc1.c1ccc(-n2c3ccccc3c3cc(-c4ccc5c(c4)c4ccc6ccccc6c4n5-c4ccc5cc(-c6ccc7c8c(cccc68)-c6ccccc6-7)ccc5c4)ccc32)cc1. The Morgan fingerprint density at radius 1 is 0.176 bits per heavy atom. The van der Waals surface area contributed by atoms with Crippen LogP contribution < -0.4 is 0 Å². The molecule has 4 aromatic heterocycles. The average Bonchev–Trinajstić information content (AvgIpc) is 1.59. The van der Waals surface area contributed by atoms with E-state index in [4.69, 9.17) is 0 Å². The smallest absolute Gasteiger partial charge is 0.0619 e. The van der Waals surface area contributed by atoms with E-state index in [2.05, 4.69) is 471 Å². The van der Waals surface area contributed by atoms with Gasteiger partial charge in [0.15, 0.2) is 0 Å². The van der Waals surface area contributed by atoms with Crippen LogP contribution in [0.3, 0.4) is 0 Å². The summed E-state index contributed by atoms with van der Waals surface area (Å²) in [5, 5.41) is 25.5. The molecule has 125 heavy (non-hydrogen) atoms. The van der Waals surface area contributed by atoms with Gasteiger partial charge in [-0.05, 0) is 264 Å². The second kappa shape index (κ2) is 28.1. The number of aromatic amines is 1. The second-order valence-corrected chi connectivity index (χ2v) is 34.4. The van der Waals surface area contributed by atoms with E-state index in [1.807, 2.05) is 0 Å². The second-order valence-electron chi connectivity index (χ2n) is 33.5. The largest absolute Gasteiger partial charge is 0.354 e. The molecule has 2 aliphatic carbocycles. The molecule has 0 fully saturated rings. The molecule has 28 rings (SSSR count). The summed E-state index contributed by atoms with van der Waals surface area (Å²) in [6.45, 7) is 0. The van der Waals surface area contributed by atoms with Crippen molar-refractivity contribution in [2.75, 3.05) is 0 Å². The molecule has 1 N–H and O–H groups in total. The molecule has 0 atom stereocenters. The van der Waals surface area contributed by atoms with Crippen molar-refractivity contribution in [2.24, 2.45) is 0 Å². The van der Waals surface area contributed by atoms with Gasteiger partial charge in [0, 0.05) is 80.9 Å². The predicted octanol–water partition coefficient (Wildman–Crippen LogP) is 33.6. The van der Waals surface area contributed by atoms with Crippen molar-refractivity contribution in [3.05, 3.63) is 441 Å². The molecule has 22 aromatic carbocycles. The number of nitrogens with zero attached hydrogens (tertiary/aromatic N) is 3. The summed E-state index contributed by atoms with van der Waals surface area (Å²) >= 11 is 3.57. The number of hydrogen-bond acceptors (Lipinski definition) is 0. The van der Waals surface area contributed by atoms with E-state index in [1.165, 1.54) is 252 Å². The fourth-order valence-electron chi connectivity index (χ4n) is 21.1. The topological polar surface area (TPSA) is 30.6 Å². The molecule has 580 valence electrons. The third-order valence-electron chi connectivity index (χ3n) is 26.8. The van der Waals surface area contributed by atoms with Gasteiger partial charge in [-0.3, -0.25) is 0 Å². The molecule has 0 saturated carbocycles. The first-order chi connectivity index (χ1) is 61.9. The van der Waals surface area contributed by atoms with Gasteiger partial charge in [-0.1, -0.05) is 331 Å². The Hall–Kier alpha value is -15.9. The molecule has 5 heteroatoms. The van der Waals surface area contributed by atoms with Crippen LogP contribution in [0.5, 0.6) is 0 Å². The van der Waals surface area contributed by atoms with E-state index in [-0.39, 0.29) is 0 Å². The summed E-state index contributed by atoms with van der Waals surface area (Å²) in [7, 11) is 0. The Labute approximate surface area is 728 Å². The summed E-state index contributed by atoms with van der Waals surface area (Å²) in [4.78, 5) is 3.67. The molecule has 0 unspecified atom stereocenters. The maximum Gasteiger partial charge on any atom is 0.0619 e. The predicted molar refractivity (Wildman–Crippen MR) is 535 cm³/mol. The maximum absolute atomic E-state index is 3.67. The number of halogens is 1. The normalized spacial score (nSPS) is 12.0. The lowest BCUT2D eigenvalue weighted by Gasteiger charge is -2.13. The molecular formula is C120H73BrN4. The van der Waals surface area contributed by atoms with Gasteiger partial charge in [0.1, 0.15) is 0 Å². The summed E-state index contributed by atoms with van der Waals surface area (Å²) in [6.07, 6.45) is 0. The average molecular weight is 1650 g/mol. The standard InChI is InChI=1S/C60H36N2.C34H22N2.C26H15Br/c1-2-12-43(13-3-1)61-56-20-9-8-17-49(56)54-35-40(25-31-57(54)61)41-26-32-58-55(36-41)53-28-24-37-11-4-5-14-46(37)60(53)62(58)44-27-23-38-33-42(22-21-39(38)34-44)45-29-30-52-48-16-7-6-15-47(48)51-19-10-18-50(45)59(51)52;1-2-9-25(10-3-1)36-32-13-7-6-12-27(32)30-21-24(16-19-33(30)36)23-15-18-31-29(20-23)28-17-14-22-8-4-5-11-26(22)34(28)35-31;27-19-11-10-16-14-18(9-8-17(16)15-19)20-12-13-25-22-5-2-1-4-21(22)24-7-3-6-23(20)26(24)25/h1-36H;1-21,35H;1-15H. The quantitative estimate of drug-likeness (QED) is 0.165. The van der Waals surface area contributed by atoms with E-state index in [1.54, 1.807) is 0 Å². The van der Waals surface area contributed by atoms with Gasteiger partial charge < -0.3 is 18.7 Å². The number of hydrogen-bond donors (Lipinski definition) is 1. The molecule has 4 heterocycles. The summed E-state index contributed by atoms with van der Waals surface area (Å²) in [5.41, 5.74) is 33.9. The fourth-order valence-corrected chi connectivity index (χ4v) is 21.5. The summed E-state index contributed by atoms with van der Waals surface area (Å²) in [5.74, 6) is 0. The number of nitrogens with one attached hydrogen (secondary N) is 1. The van der Waals surface area contributed by atoms with E-state index in [0.29, 0.717) is 0 Å². The highest BCUT2D eigenvalue weighted by molar-refractivity contribution is 9.10. The number of para-hydroxylation sites is 4. The summed E-state index contributed by atoms with van der Waals surface area (Å²) < 4.78 is 8.35. The lowest BCUT2D eigenvalue weighted by Crippen LogP contribution is -1.95. The highest BCUT2D eigenvalue weighted by Gasteiger charge is 2.27. The van der Waals surface area contributed by atoms with Crippen LogP contribution >= 0.6 is 15.9 Å². The van der Waals surface area contributed by atoms with Crippen molar-refractivity contribution in [1.29, 1.82) is 0 Å². The Bertz CT molecular complexity index is 9010. The van der Waals surface area contributed by atoms with Crippen molar-refractivity contribution < 1.29 is 0 Å². The minimum atomic E-state index is 1.12. The van der Waals surface area contributed by atoms with Crippen molar-refractivity contribution in [1.82, 2.24) is 18.7 Å². The minimum Gasteiger partial charge on any atom is -0.354 e. The van der Waals surface area contributed by atoms with Crippen LogP contribution in [0, 0.1) is 0 Å². The molecule has 26 aromatic rings. The first-order valence-electron chi connectivity index (χ1n) is 43.0. The van der Waals surface area contributed by atoms with Gasteiger partial charge in [-0.25, -0.2) is 0 Å². The van der Waals surface area contributed by atoms with Crippen LogP contribution in [0.15, 0.2) is 441 Å². The molecular weight excluding hydrogens is 1580 g/mol. The van der Waals surface area contributed by atoms with Gasteiger partial charge in [-0.2, -0.15) is 0 Å². The van der Waals surface area contributed by atoms with Gasteiger partial charge >= 0.3 is 0 Å². The van der Waals surface area contributed by atoms with Crippen molar-refractivity contribution in [3.8, 4) is 106 Å². The van der Waals surface area contributed by atoms with Gasteiger partial charge in [-0.15, -0.1) is 0 Å². The molecule has 4 nitrogen and oxygen atoms in total. The van der Waals surface area contributed by atoms with Gasteiger partial charge in [0.2, 0.25) is 0 Å². The minimum absolute atomic E-state index is 1.12. The highest BCUT2D eigenvalue weighted by atomic mass is 79.9. The van der Waals surface area contributed by atoms with E-state index >= 15 is 0 Å². The number of aromatic nitrogens is 4. The number of rotatable bonds is 7. The first-order valence-corrected chi connectivity index (χ1v) is 43.8. The zero-order valence-electron chi connectivity index (χ0n) is 67.8. The third-order valence-corrected chi connectivity index (χ3v) is 27.3. The molecule has 0 aliphatic heterocycles. The Morgan fingerprint density at radius 2 is 0.544 bits per heavy atom. The van der Waals surface area contributed by atoms with E-state index < -0.39 is 0 Å². The fraction of sp³-hybridized carbons (Fsp3) is 0. The van der Waals surface area contributed by atoms with Crippen LogP contribution in [0.2, 0.25) is 0 Å². The Kier molecular flexibility index (Phi) is 15.9. The third kappa shape index (κ3) is 11.2. The maximum atomic E-state index is 3.67. The number of fused-ring (bicyclic) bond motifs is 24. The zero-order valence-corrected chi connectivity index (χ0v) is 69.4. The Balaban J connectivity index is 0.000000111. The lowest BCUT2D eigenvalue weighted by atomic mass is 9.93. The van der Waals surface area contributed by atoms with Crippen LogP contribution in [-0.2, 0) is 0 Å². The van der Waals surface area contributed by atoms with Crippen molar-refractivity contribution in [2.45, 2.75) is 0 Å². The first kappa shape index (κ1) is 70.9. The van der Waals surface area contributed by atoms with E-state index in [9.17, 15) is 0 Å². The van der Waals surface area contributed by atoms with Crippen molar-refractivity contribution >= 4 is 168 Å². The molecule has 0 saturated heterocycles. The molecule has 0 radical (unpaired) electrons. The van der Waals surface area contributed by atoms with Crippen LogP contribution in [0.4, 0.5) is 0 Å². The Morgan fingerprint density at radius 3 is 1.10 bits per heavy atom. The highest BCUT2D eigenvalue weighted by Crippen LogP contribution is 2.53. The monoisotopic (exact) mass is 1650 g/mol. The van der Waals surface area contributed by atoms with Gasteiger partial charge in [0.25, 0.3) is 0 Å². The van der Waals surface area contributed by atoms with Gasteiger partial charge in [0.05, 0.1) is 38.6 Å². The lowest BCUT2D eigenvalue weighted by molar-refractivity contribution is 1.18. The molecule has 0 bridgehead atoms. The molecule has 0 spiro atoms. The number of H-pyrrole nitrogens is 1. The van der Waals surface area contributed by atoms with Crippen LogP contribution in [0.25, 0.3) is 258 Å². The molecule has 2 aliphatic rings. The van der Waals surface area contributed by atoms with Crippen molar-refractivity contribution in [3.63, 3.8) is 0 Å². The van der Waals surface area contributed by atoms with Crippen LogP contribution in [0.1, 0.15) is 0 Å². The zero-order chi connectivity index (χ0) is 82.1.